The standard InChI is InChI=1S/C21H24N4O4/c1-13(2)12-22-21(27)16-5-3-4-6-17(16)24-20(26)14-7-10-18(23-15-8-9-15)19(11-14)25(28)29/h3-7,10-11,13,15,23H,8-9,12H2,1-2H3,(H,22,27)(H,24,26). The highest BCUT2D eigenvalue weighted by atomic mass is 16.6. The Morgan fingerprint density at radius 3 is 2.48 bits per heavy atom. The first kappa shape index (κ1) is 20.3. The fourth-order valence-corrected chi connectivity index (χ4v) is 2.77. The summed E-state index contributed by atoms with van der Waals surface area (Å²) in [5, 5.41) is 20.0. The molecule has 1 aliphatic carbocycles. The molecule has 1 fully saturated rings. The van der Waals surface area contributed by atoms with Gasteiger partial charge in [0.15, 0.2) is 0 Å². The number of hydrogen-bond donors (Lipinski definition) is 3. The Morgan fingerprint density at radius 2 is 1.83 bits per heavy atom. The number of rotatable bonds is 8. The Labute approximate surface area is 168 Å². The quantitative estimate of drug-likeness (QED) is 0.464. The van der Waals surface area contributed by atoms with Gasteiger partial charge >= 0.3 is 0 Å². The van der Waals surface area contributed by atoms with E-state index in [2.05, 4.69) is 16.0 Å². The van der Waals surface area contributed by atoms with Crippen molar-refractivity contribution in [3.63, 3.8) is 0 Å². The van der Waals surface area contributed by atoms with Crippen molar-refractivity contribution in [2.45, 2.75) is 32.7 Å². The second-order valence-corrected chi connectivity index (χ2v) is 7.51. The summed E-state index contributed by atoms with van der Waals surface area (Å²) in [6, 6.07) is 11.3. The molecule has 0 aliphatic heterocycles. The molecule has 152 valence electrons. The van der Waals surface area contributed by atoms with E-state index < -0.39 is 10.8 Å². The van der Waals surface area contributed by atoms with Gasteiger partial charge in [0.1, 0.15) is 5.69 Å². The van der Waals surface area contributed by atoms with Crippen molar-refractivity contribution in [3.05, 3.63) is 63.7 Å². The number of carbonyl (C=O) groups excluding carboxylic acids is 2. The molecule has 2 aromatic carbocycles. The SMILES string of the molecule is CC(C)CNC(=O)c1ccccc1NC(=O)c1ccc(NC2CC2)c([N+](=O)[O-])c1. The highest BCUT2D eigenvalue weighted by Crippen LogP contribution is 2.31. The van der Waals surface area contributed by atoms with Crippen LogP contribution in [-0.4, -0.2) is 29.3 Å². The summed E-state index contributed by atoms with van der Waals surface area (Å²) in [4.78, 5) is 36.0. The molecule has 1 saturated carbocycles. The second-order valence-electron chi connectivity index (χ2n) is 7.51. The molecule has 0 radical (unpaired) electrons. The van der Waals surface area contributed by atoms with E-state index in [4.69, 9.17) is 0 Å². The van der Waals surface area contributed by atoms with Crippen LogP contribution in [0.5, 0.6) is 0 Å². The number of nitro benzene ring substituents is 1. The fourth-order valence-electron chi connectivity index (χ4n) is 2.77. The van der Waals surface area contributed by atoms with E-state index in [9.17, 15) is 19.7 Å². The molecule has 8 nitrogen and oxygen atoms in total. The van der Waals surface area contributed by atoms with Crippen LogP contribution >= 0.6 is 0 Å². The predicted octanol–water partition coefficient (Wildman–Crippen LogP) is 3.81. The lowest BCUT2D eigenvalue weighted by Crippen LogP contribution is -2.28. The molecule has 0 heterocycles. The summed E-state index contributed by atoms with van der Waals surface area (Å²) >= 11 is 0. The van der Waals surface area contributed by atoms with E-state index in [1.165, 1.54) is 12.1 Å². The van der Waals surface area contributed by atoms with Gasteiger partial charge in [-0.2, -0.15) is 0 Å². The summed E-state index contributed by atoms with van der Waals surface area (Å²) in [6.07, 6.45) is 1.96. The molecule has 0 aromatic heterocycles. The van der Waals surface area contributed by atoms with Crippen LogP contribution in [0.4, 0.5) is 17.1 Å². The fraction of sp³-hybridized carbons (Fsp3) is 0.333. The highest BCUT2D eigenvalue weighted by molar-refractivity contribution is 6.09. The maximum Gasteiger partial charge on any atom is 0.293 e. The number of nitrogens with zero attached hydrogens (tertiary/aromatic N) is 1. The predicted molar refractivity (Wildman–Crippen MR) is 111 cm³/mol. The summed E-state index contributed by atoms with van der Waals surface area (Å²) in [5.74, 6) is -0.510. The molecule has 1 aliphatic rings. The largest absolute Gasteiger partial charge is 0.377 e. The second kappa shape index (κ2) is 8.72. The van der Waals surface area contributed by atoms with Crippen LogP contribution in [0.3, 0.4) is 0 Å². The molecular formula is C21H24N4O4. The zero-order valence-corrected chi connectivity index (χ0v) is 16.4. The van der Waals surface area contributed by atoms with Gasteiger partial charge < -0.3 is 16.0 Å². The molecule has 3 N–H and O–H groups in total. The summed E-state index contributed by atoms with van der Waals surface area (Å²) in [5.41, 5.74) is 1.09. The molecule has 0 spiro atoms. The molecule has 2 amide bonds. The summed E-state index contributed by atoms with van der Waals surface area (Å²) < 4.78 is 0. The molecule has 8 heteroatoms. The Bertz CT molecular complexity index is 938. The number of para-hydroxylation sites is 1. The van der Waals surface area contributed by atoms with E-state index in [0.29, 0.717) is 29.4 Å². The first-order valence-corrected chi connectivity index (χ1v) is 9.58. The van der Waals surface area contributed by atoms with E-state index >= 15 is 0 Å². The third-order valence-corrected chi connectivity index (χ3v) is 4.48. The molecule has 0 atom stereocenters. The average Bonchev–Trinajstić information content (AvgIpc) is 3.50. The Balaban J connectivity index is 1.79. The lowest BCUT2D eigenvalue weighted by Gasteiger charge is -2.13. The topological polar surface area (TPSA) is 113 Å². The van der Waals surface area contributed by atoms with Crippen LogP contribution in [0, 0.1) is 16.0 Å². The van der Waals surface area contributed by atoms with Gasteiger partial charge in [-0.05, 0) is 43.0 Å². The van der Waals surface area contributed by atoms with Crippen molar-refractivity contribution >= 4 is 28.9 Å². The van der Waals surface area contributed by atoms with E-state index in [0.717, 1.165) is 12.8 Å². The van der Waals surface area contributed by atoms with Crippen molar-refractivity contribution in [3.8, 4) is 0 Å². The van der Waals surface area contributed by atoms with Gasteiger partial charge in [0, 0.05) is 24.2 Å². The molecular weight excluding hydrogens is 372 g/mol. The number of benzene rings is 2. The van der Waals surface area contributed by atoms with Crippen LogP contribution < -0.4 is 16.0 Å². The van der Waals surface area contributed by atoms with Gasteiger partial charge in [0.25, 0.3) is 17.5 Å². The van der Waals surface area contributed by atoms with Crippen molar-refractivity contribution in [1.82, 2.24) is 5.32 Å². The summed E-state index contributed by atoms with van der Waals surface area (Å²) in [7, 11) is 0. The van der Waals surface area contributed by atoms with E-state index in [-0.39, 0.29) is 23.2 Å². The maximum absolute atomic E-state index is 12.7. The van der Waals surface area contributed by atoms with Crippen LogP contribution in [0.1, 0.15) is 47.4 Å². The molecule has 0 saturated heterocycles. The van der Waals surface area contributed by atoms with Gasteiger partial charge in [0.05, 0.1) is 16.2 Å². The number of anilines is 2. The molecule has 0 unspecified atom stereocenters. The lowest BCUT2D eigenvalue weighted by molar-refractivity contribution is -0.384. The zero-order chi connectivity index (χ0) is 21.0. The first-order valence-electron chi connectivity index (χ1n) is 9.58. The summed E-state index contributed by atoms with van der Waals surface area (Å²) in [6.45, 7) is 4.49. The molecule has 0 bridgehead atoms. The van der Waals surface area contributed by atoms with Gasteiger partial charge in [-0.15, -0.1) is 0 Å². The number of nitrogens with one attached hydrogen (secondary N) is 3. The lowest BCUT2D eigenvalue weighted by atomic mass is 10.1. The van der Waals surface area contributed by atoms with Gasteiger partial charge in [0.2, 0.25) is 0 Å². The van der Waals surface area contributed by atoms with Gasteiger partial charge in [-0.25, -0.2) is 0 Å². The maximum atomic E-state index is 12.7. The van der Waals surface area contributed by atoms with E-state index in [1.54, 1.807) is 30.3 Å². The third-order valence-electron chi connectivity index (χ3n) is 4.48. The van der Waals surface area contributed by atoms with Gasteiger partial charge in [-0.3, -0.25) is 19.7 Å². The van der Waals surface area contributed by atoms with Crippen molar-refractivity contribution in [2.24, 2.45) is 5.92 Å². The average molecular weight is 396 g/mol. The minimum atomic E-state index is -0.518. The first-order chi connectivity index (χ1) is 13.8. The molecule has 3 rings (SSSR count). The molecule has 29 heavy (non-hydrogen) atoms. The van der Waals surface area contributed by atoms with Crippen molar-refractivity contribution < 1.29 is 14.5 Å². The number of nitro groups is 1. The van der Waals surface area contributed by atoms with Crippen molar-refractivity contribution in [2.75, 3.05) is 17.2 Å². The minimum Gasteiger partial charge on any atom is -0.377 e. The van der Waals surface area contributed by atoms with Crippen LogP contribution in [0.15, 0.2) is 42.5 Å². The Hall–Kier alpha value is -3.42. The van der Waals surface area contributed by atoms with Gasteiger partial charge in [-0.1, -0.05) is 26.0 Å². The van der Waals surface area contributed by atoms with Crippen LogP contribution in [0.25, 0.3) is 0 Å². The van der Waals surface area contributed by atoms with Crippen LogP contribution in [0.2, 0.25) is 0 Å². The van der Waals surface area contributed by atoms with Crippen LogP contribution in [-0.2, 0) is 0 Å². The third kappa shape index (κ3) is 5.31. The smallest absolute Gasteiger partial charge is 0.293 e. The monoisotopic (exact) mass is 396 g/mol. The number of carbonyl (C=O) groups is 2. The highest BCUT2D eigenvalue weighted by Gasteiger charge is 2.25. The van der Waals surface area contributed by atoms with E-state index in [1.807, 2.05) is 13.8 Å². The van der Waals surface area contributed by atoms with Crippen molar-refractivity contribution in [1.29, 1.82) is 0 Å². The number of amides is 2. The Kier molecular flexibility index (Phi) is 6.11. The minimum absolute atomic E-state index is 0.146. The number of hydrogen-bond acceptors (Lipinski definition) is 5. The Morgan fingerprint density at radius 1 is 1.10 bits per heavy atom. The molecule has 2 aromatic rings. The zero-order valence-electron chi connectivity index (χ0n) is 16.4. The normalized spacial score (nSPS) is 13.1.